The topological polar surface area (TPSA) is 55.8 Å². The van der Waals surface area contributed by atoms with Gasteiger partial charge < -0.3 is 14.4 Å². The van der Waals surface area contributed by atoms with Gasteiger partial charge in [0.1, 0.15) is 12.4 Å². The van der Waals surface area contributed by atoms with Gasteiger partial charge in [-0.2, -0.15) is 0 Å². The number of benzene rings is 1. The maximum absolute atomic E-state index is 11.9. The Labute approximate surface area is 117 Å². The summed E-state index contributed by atoms with van der Waals surface area (Å²) >= 11 is 0. The molecule has 1 amide bonds. The van der Waals surface area contributed by atoms with Crippen LogP contribution in [0.3, 0.4) is 0 Å². The number of terminal acetylenes is 1. The summed E-state index contributed by atoms with van der Waals surface area (Å²) in [5.74, 6) is 2.19. The molecule has 1 atom stereocenters. The van der Waals surface area contributed by atoms with Gasteiger partial charge in [0.25, 0.3) is 0 Å². The van der Waals surface area contributed by atoms with E-state index in [1.165, 1.54) is 7.11 Å². The Hall–Kier alpha value is -2.48. The standard InChI is InChI=1S/C15H15NO4/c1-3-8-20-13-6-4-12(5-7-13)16-10-11(9-14(16)17)15(18)19-2/h1,4-7,11H,8-10H2,2H3. The third-order valence-corrected chi connectivity index (χ3v) is 3.13. The predicted octanol–water partition coefficient (Wildman–Crippen LogP) is 1.22. The van der Waals surface area contributed by atoms with Crippen molar-refractivity contribution in [3.05, 3.63) is 24.3 Å². The molecule has 2 rings (SSSR count). The molecule has 0 aromatic heterocycles. The van der Waals surface area contributed by atoms with Crippen molar-refractivity contribution in [2.24, 2.45) is 5.92 Å². The molecule has 1 aromatic rings. The van der Waals surface area contributed by atoms with Gasteiger partial charge in [-0.15, -0.1) is 6.42 Å². The van der Waals surface area contributed by atoms with Crippen LogP contribution < -0.4 is 9.64 Å². The minimum absolute atomic E-state index is 0.0855. The number of carbonyl (C=O) groups excluding carboxylic acids is 2. The molecule has 104 valence electrons. The van der Waals surface area contributed by atoms with E-state index in [1.807, 2.05) is 0 Å². The molecule has 5 nitrogen and oxygen atoms in total. The van der Waals surface area contributed by atoms with Gasteiger partial charge in [-0.05, 0) is 24.3 Å². The van der Waals surface area contributed by atoms with Crippen molar-refractivity contribution in [3.8, 4) is 18.1 Å². The van der Waals surface area contributed by atoms with E-state index in [0.717, 1.165) is 5.69 Å². The van der Waals surface area contributed by atoms with Gasteiger partial charge in [0.15, 0.2) is 0 Å². The van der Waals surface area contributed by atoms with Crippen LogP contribution in [0.25, 0.3) is 0 Å². The summed E-state index contributed by atoms with van der Waals surface area (Å²) in [4.78, 5) is 25.0. The molecule has 0 N–H and O–H groups in total. The average molecular weight is 273 g/mol. The van der Waals surface area contributed by atoms with Gasteiger partial charge in [-0.25, -0.2) is 0 Å². The smallest absolute Gasteiger partial charge is 0.311 e. The van der Waals surface area contributed by atoms with Gasteiger partial charge in [0.2, 0.25) is 5.91 Å². The minimum Gasteiger partial charge on any atom is -0.481 e. The Balaban J connectivity index is 2.06. The third-order valence-electron chi connectivity index (χ3n) is 3.13. The van der Waals surface area contributed by atoms with Crippen LogP contribution in [0.2, 0.25) is 0 Å². The van der Waals surface area contributed by atoms with Gasteiger partial charge in [0.05, 0.1) is 13.0 Å². The summed E-state index contributed by atoms with van der Waals surface area (Å²) in [6.07, 6.45) is 5.29. The van der Waals surface area contributed by atoms with E-state index in [4.69, 9.17) is 11.2 Å². The molecule has 1 aliphatic rings. The number of anilines is 1. The molecule has 1 aromatic carbocycles. The molecule has 0 aliphatic carbocycles. The summed E-state index contributed by atoms with van der Waals surface area (Å²) < 4.78 is 9.94. The van der Waals surface area contributed by atoms with Crippen LogP contribution >= 0.6 is 0 Å². The highest BCUT2D eigenvalue weighted by Gasteiger charge is 2.35. The normalized spacial score (nSPS) is 17.7. The summed E-state index contributed by atoms with van der Waals surface area (Å²) in [7, 11) is 1.33. The van der Waals surface area contributed by atoms with E-state index >= 15 is 0 Å². The van der Waals surface area contributed by atoms with Crippen LogP contribution in [-0.4, -0.2) is 32.1 Å². The largest absolute Gasteiger partial charge is 0.481 e. The lowest BCUT2D eigenvalue weighted by atomic mass is 10.1. The zero-order valence-corrected chi connectivity index (χ0v) is 11.2. The number of hydrogen-bond acceptors (Lipinski definition) is 4. The van der Waals surface area contributed by atoms with Crippen LogP contribution in [0.4, 0.5) is 5.69 Å². The maximum atomic E-state index is 11.9. The number of hydrogen-bond donors (Lipinski definition) is 0. The average Bonchev–Trinajstić information content (AvgIpc) is 2.87. The lowest BCUT2D eigenvalue weighted by Gasteiger charge is -2.16. The first kappa shape index (κ1) is 13.9. The van der Waals surface area contributed by atoms with Crippen molar-refractivity contribution in [1.29, 1.82) is 0 Å². The first-order chi connectivity index (χ1) is 9.65. The first-order valence-electron chi connectivity index (χ1n) is 6.20. The Bertz CT molecular complexity index is 544. The van der Waals surface area contributed by atoms with Crippen LogP contribution in [0.5, 0.6) is 5.75 Å². The lowest BCUT2D eigenvalue weighted by Crippen LogP contribution is -2.26. The molecule has 5 heteroatoms. The fourth-order valence-electron chi connectivity index (χ4n) is 2.13. The third kappa shape index (κ3) is 2.91. The molecular formula is C15H15NO4. The fourth-order valence-corrected chi connectivity index (χ4v) is 2.13. The Kier molecular flexibility index (Phi) is 4.26. The molecule has 0 radical (unpaired) electrons. The SMILES string of the molecule is C#CCOc1ccc(N2CC(C(=O)OC)CC2=O)cc1. The van der Waals surface area contributed by atoms with Gasteiger partial charge >= 0.3 is 5.97 Å². The highest BCUT2D eigenvalue weighted by molar-refractivity contribution is 5.99. The first-order valence-corrected chi connectivity index (χ1v) is 6.20. The van der Waals surface area contributed by atoms with E-state index in [2.05, 4.69) is 10.7 Å². The molecule has 0 bridgehead atoms. The molecule has 20 heavy (non-hydrogen) atoms. The van der Waals surface area contributed by atoms with Gasteiger partial charge in [0, 0.05) is 18.7 Å². The molecule has 0 saturated carbocycles. The number of amides is 1. The van der Waals surface area contributed by atoms with Gasteiger partial charge in [-0.1, -0.05) is 5.92 Å². The summed E-state index contributed by atoms with van der Waals surface area (Å²) in [5.41, 5.74) is 0.731. The van der Waals surface area contributed by atoms with E-state index in [-0.39, 0.29) is 24.9 Å². The second-order valence-corrected chi connectivity index (χ2v) is 4.42. The minimum atomic E-state index is -0.398. The zero-order chi connectivity index (χ0) is 14.5. The fraction of sp³-hybridized carbons (Fsp3) is 0.333. The number of esters is 1. The highest BCUT2D eigenvalue weighted by atomic mass is 16.5. The van der Waals surface area contributed by atoms with Crippen LogP contribution in [0.15, 0.2) is 24.3 Å². The number of rotatable bonds is 4. The molecule has 1 aliphatic heterocycles. The van der Waals surface area contributed by atoms with Crippen molar-refractivity contribution in [2.75, 3.05) is 25.2 Å². The van der Waals surface area contributed by atoms with Crippen molar-refractivity contribution >= 4 is 17.6 Å². The summed E-state index contributed by atoms with van der Waals surface area (Å²) in [6, 6.07) is 7.02. The molecule has 1 heterocycles. The summed E-state index contributed by atoms with van der Waals surface area (Å²) in [6.45, 7) is 0.544. The summed E-state index contributed by atoms with van der Waals surface area (Å²) in [5, 5.41) is 0. The Morgan fingerprint density at radius 1 is 1.45 bits per heavy atom. The molecule has 1 fully saturated rings. The second-order valence-electron chi connectivity index (χ2n) is 4.42. The quantitative estimate of drug-likeness (QED) is 0.611. The number of ether oxygens (including phenoxy) is 2. The van der Waals surface area contributed by atoms with Crippen molar-refractivity contribution in [3.63, 3.8) is 0 Å². The van der Waals surface area contributed by atoms with Crippen LogP contribution in [-0.2, 0) is 14.3 Å². The molecular weight excluding hydrogens is 258 g/mol. The molecule has 0 spiro atoms. The van der Waals surface area contributed by atoms with Crippen LogP contribution in [0.1, 0.15) is 6.42 Å². The maximum Gasteiger partial charge on any atom is 0.311 e. The molecule has 1 saturated heterocycles. The monoisotopic (exact) mass is 273 g/mol. The Morgan fingerprint density at radius 3 is 2.75 bits per heavy atom. The van der Waals surface area contributed by atoms with Crippen molar-refractivity contribution in [1.82, 2.24) is 0 Å². The van der Waals surface area contributed by atoms with Crippen molar-refractivity contribution in [2.45, 2.75) is 6.42 Å². The van der Waals surface area contributed by atoms with E-state index in [9.17, 15) is 9.59 Å². The molecule has 1 unspecified atom stereocenters. The van der Waals surface area contributed by atoms with E-state index in [1.54, 1.807) is 29.2 Å². The van der Waals surface area contributed by atoms with E-state index < -0.39 is 5.92 Å². The number of carbonyl (C=O) groups is 2. The number of methoxy groups -OCH3 is 1. The highest BCUT2D eigenvalue weighted by Crippen LogP contribution is 2.27. The van der Waals surface area contributed by atoms with Crippen molar-refractivity contribution < 1.29 is 19.1 Å². The second kappa shape index (κ2) is 6.11. The zero-order valence-electron chi connectivity index (χ0n) is 11.2. The lowest BCUT2D eigenvalue weighted by molar-refractivity contribution is -0.145. The Morgan fingerprint density at radius 2 is 2.15 bits per heavy atom. The predicted molar refractivity (Wildman–Crippen MR) is 73.2 cm³/mol. The van der Waals surface area contributed by atoms with E-state index in [0.29, 0.717) is 12.3 Å². The number of nitrogens with zero attached hydrogens (tertiary/aromatic N) is 1. The van der Waals surface area contributed by atoms with Crippen LogP contribution in [0, 0.1) is 18.3 Å². The van der Waals surface area contributed by atoms with Gasteiger partial charge in [-0.3, -0.25) is 9.59 Å².